The molecule has 1 rings (SSSR count). The summed E-state index contributed by atoms with van der Waals surface area (Å²) in [4.78, 5) is 11.5. The molecule has 0 aliphatic heterocycles. The van der Waals surface area contributed by atoms with Crippen LogP contribution in [0.5, 0.6) is 0 Å². The number of hydrogen-bond donors (Lipinski definition) is 0. The van der Waals surface area contributed by atoms with E-state index >= 15 is 0 Å². The third-order valence-electron chi connectivity index (χ3n) is 3.12. The lowest BCUT2D eigenvalue weighted by molar-refractivity contribution is -0.140. The molecule has 0 aliphatic rings. The molecule has 0 bridgehead atoms. The zero-order chi connectivity index (χ0) is 16.6. The molecule has 0 saturated carbocycles. The summed E-state index contributed by atoms with van der Waals surface area (Å²) in [5, 5.41) is -1.08. The summed E-state index contributed by atoms with van der Waals surface area (Å²) in [6, 6.07) is 7.84. The van der Waals surface area contributed by atoms with Gasteiger partial charge in [0.15, 0.2) is 9.84 Å². The average molecular weight is 328 g/mol. The van der Waals surface area contributed by atoms with Gasteiger partial charge in [0.2, 0.25) is 5.83 Å². The quantitative estimate of drug-likeness (QED) is 0.542. The molecule has 0 radical (unpaired) electrons. The molecule has 4 nitrogen and oxygen atoms in total. The molecule has 22 heavy (non-hydrogen) atoms. The first-order valence-electron chi connectivity index (χ1n) is 7.26. The van der Waals surface area contributed by atoms with Crippen LogP contribution in [0.25, 0.3) is 0 Å². The highest BCUT2D eigenvalue weighted by Gasteiger charge is 2.27. The molecule has 0 heterocycles. The van der Waals surface area contributed by atoms with E-state index in [1.54, 1.807) is 25.1 Å². The Balaban J connectivity index is 3.12. The summed E-state index contributed by atoms with van der Waals surface area (Å²) in [6.07, 6.45) is 2.50. The Labute approximate surface area is 130 Å². The molecule has 1 aromatic rings. The lowest BCUT2D eigenvalue weighted by Crippen LogP contribution is -2.21. The Morgan fingerprint density at radius 1 is 1.27 bits per heavy atom. The van der Waals surface area contributed by atoms with Gasteiger partial charge in [0.1, 0.15) is 0 Å². The Kier molecular flexibility index (Phi) is 7.24. The van der Waals surface area contributed by atoms with Crippen LogP contribution in [0.15, 0.2) is 47.1 Å². The number of sulfone groups is 1. The van der Waals surface area contributed by atoms with Gasteiger partial charge in [0.05, 0.1) is 16.8 Å². The molecule has 0 saturated heterocycles. The van der Waals surface area contributed by atoms with E-state index in [-0.39, 0.29) is 17.9 Å². The van der Waals surface area contributed by atoms with Crippen LogP contribution in [0.2, 0.25) is 0 Å². The first kappa shape index (κ1) is 18.4. The monoisotopic (exact) mass is 328 g/mol. The number of esters is 1. The highest BCUT2D eigenvalue weighted by Crippen LogP contribution is 2.22. The topological polar surface area (TPSA) is 60.4 Å². The van der Waals surface area contributed by atoms with Gasteiger partial charge < -0.3 is 4.74 Å². The van der Waals surface area contributed by atoms with Gasteiger partial charge in [-0.15, -0.1) is 0 Å². The molecular weight excluding hydrogens is 307 g/mol. The second kappa shape index (κ2) is 8.68. The maximum atomic E-state index is 13.8. The minimum Gasteiger partial charge on any atom is -0.461 e. The number of unbranched alkanes of at least 4 members (excludes halogenated alkanes) is 1. The van der Waals surface area contributed by atoms with Crippen molar-refractivity contribution in [1.82, 2.24) is 0 Å². The first-order valence-corrected chi connectivity index (χ1v) is 8.81. The Bertz CT molecular complexity index is 608. The van der Waals surface area contributed by atoms with Gasteiger partial charge in [-0.25, -0.2) is 13.2 Å². The highest BCUT2D eigenvalue weighted by atomic mass is 32.2. The van der Waals surface area contributed by atoms with Crippen LogP contribution in [0.4, 0.5) is 4.39 Å². The smallest absolute Gasteiger partial charge is 0.366 e. The van der Waals surface area contributed by atoms with Crippen molar-refractivity contribution in [2.75, 3.05) is 6.61 Å². The van der Waals surface area contributed by atoms with Gasteiger partial charge in [-0.3, -0.25) is 0 Å². The third kappa shape index (κ3) is 4.94. The molecule has 0 N–H and O–H groups in total. The standard InChI is InChI=1S/C16H21FO4S/c1-3-5-9-14(12-15(17)16(18)21-4-2)22(19,20)13-10-7-6-8-11-13/h6-8,10-12,14H,3-5,9H2,1-2H3/b15-12-. The maximum Gasteiger partial charge on any atom is 0.366 e. The van der Waals surface area contributed by atoms with Crippen molar-refractivity contribution < 1.29 is 22.3 Å². The van der Waals surface area contributed by atoms with Gasteiger partial charge in [-0.1, -0.05) is 38.0 Å². The van der Waals surface area contributed by atoms with Gasteiger partial charge in [-0.05, 0) is 31.6 Å². The number of hydrogen-bond acceptors (Lipinski definition) is 4. The minimum atomic E-state index is -3.74. The predicted octanol–water partition coefficient (Wildman–Crippen LogP) is 3.44. The van der Waals surface area contributed by atoms with Crippen molar-refractivity contribution in [1.29, 1.82) is 0 Å². The molecular formula is C16H21FO4S. The predicted molar refractivity (Wildman–Crippen MR) is 82.8 cm³/mol. The van der Waals surface area contributed by atoms with Crippen molar-refractivity contribution in [2.24, 2.45) is 0 Å². The SMILES string of the molecule is CCCCC(/C=C(\F)C(=O)OCC)S(=O)(=O)c1ccccc1. The fraction of sp³-hybridized carbons (Fsp3) is 0.438. The number of halogens is 1. The van der Waals surface area contributed by atoms with E-state index in [4.69, 9.17) is 0 Å². The van der Waals surface area contributed by atoms with Crippen molar-refractivity contribution in [2.45, 2.75) is 43.3 Å². The van der Waals surface area contributed by atoms with Crippen LogP contribution in [-0.4, -0.2) is 26.2 Å². The second-order valence-electron chi connectivity index (χ2n) is 4.77. The van der Waals surface area contributed by atoms with Crippen molar-refractivity contribution in [3.63, 3.8) is 0 Å². The van der Waals surface area contributed by atoms with E-state index in [9.17, 15) is 17.6 Å². The summed E-state index contributed by atoms with van der Waals surface area (Å²) in [5.74, 6) is -2.30. The number of carbonyl (C=O) groups excluding carboxylic acids is 1. The number of rotatable bonds is 8. The zero-order valence-electron chi connectivity index (χ0n) is 12.8. The molecule has 122 valence electrons. The largest absolute Gasteiger partial charge is 0.461 e. The number of benzene rings is 1. The third-order valence-corrected chi connectivity index (χ3v) is 5.21. The molecule has 1 aromatic carbocycles. The van der Waals surface area contributed by atoms with E-state index in [1.807, 2.05) is 6.92 Å². The summed E-state index contributed by atoms with van der Waals surface area (Å²) in [7, 11) is -3.74. The van der Waals surface area contributed by atoms with Crippen LogP contribution < -0.4 is 0 Å². The summed E-state index contributed by atoms with van der Waals surface area (Å²) >= 11 is 0. The normalized spacial score (nSPS) is 13.7. The van der Waals surface area contributed by atoms with Crippen LogP contribution in [0.3, 0.4) is 0 Å². The average Bonchev–Trinajstić information content (AvgIpc) is 2.52. The molecule has 0 amide bonds. The number of carbonyl (C=O) groups is 1. The molecule has 0 spiro atoms. The van der Waals surface area contributed by atoms with Crippen LogP contribution in [0, 0.1) is 0 Å². The number of ether oxygens (including phenoxy) is 1. The fourth-order valence-electron chi connectivity index (χ4n) is 1.95. The fourth-order valence-corrected chi connectivity index (χ4v) is 3.61. The molecule has 1 atom stereocenters. The Hall–Kier alpha value is -1.69. The van der Waals surface area contributed by atoms with Gasteiger partial charge in [0.25, 0.3) is 0 Å². The Morgan fingerprint density at radius 3 is 2.45 bits per heavy atom. The van der Waals surface area contributed by atoms with Crippen LogP contribution >= 0.6 is 0 Å². The minimum absolute atomic E-state index is 0.0329. The Morgan fingerprint density at radius 2 is 1.91 bits per heavy atom. The van der Waals surface area contributed by atoms with Crippen molar-refractivity contribution >= 4 is 15.8 Å². The van der Waals surface area contributed by atoms with E-state index in [0.29, 0.717) is 6.42 Å². The van der Waals surface area contributed by atoms with Crippen LogP contribution in [-0.2, 0) is 19.4 Å². The summed E-state index contributed by atoms with van der Waals surface area (Å²) < 4.78 is 43.6. The molecule has 0 aliphatic carbocycles. The summed E-state index contributed by atoms with van der Waals surface area (Å²) in [6.45, 7) is 3.50. The van der Waals surface area contributed by atoms with Gasteiger partial charge >= 0.3 is 5.97 Å². The second-order valence-corrected chi connectivity index (χ2v) is 6.94. The van der Waals surface area contributed by atoms with Gasteiger partial charge in [0, 0.05) is 0 Å². The molecule has 0 fully saturated rings. The lowest BCUT2D eigenvalue weighted by Gasteiger charge is -2.14. The first-order chi connectivity index (χ1) is 10.4. The van der Waals surface area contributed by atoms with E-state index in [0.717, 1.165) is 12.5 Å². The van der Waals surface area contributed by atoms with E-state index in [1.165, 1.54) is 12.1 Å². The maximum absolute atomic E-state index is 13.8. The van der Waals surface area contributed by atoms with Gasteiger partial charge in [-0.2, -0.15) is 4.39 Å². The van der Waals surface area contributed by atoms with Crippen LogP contribution in [0.1, 0.15) is 33.1 Å². The highest BCUT2D eigenvalue weighted by molar-refractivity contribution is 7.92. The van der Waals surface area contributed by atoms with Crippen molar-refractivity contribution in [3.05, 3.63) is 42.2 Å². The van der Waals surface area contributed by atoms with Crippen molar-refractivity contribution in [3.8, 4) is 0 Å². The molecule has 6 heteroatoms. The summed E-state index contributed by atoms with van der Waals surface area (Å²) in [5.41, 5.74) is 0. The zero-order valence-corrected chi connectivity index (χ0v) is 13.6. The van der Waals surface area contributed by atoms with E-state index < -0.39 is 26.9 Å². The molecule has 1 unspecified atom stereocenters. The molecule has 0 aromatic heterocycles. The lowest BCUT2D eigenvalue weighted by atomic mass is 10.2. The van der Waals surface area contributed by atoms with E-state index in [2.05, 4.69) is 4.74 Å².